The van der Waals surface area contributed by atoms with Gasteiger partial charge in [0.15, 0.2) is 0 Å². The number of allylic oxidation sites excluding steroid dienone is 2. The summed E-state index contributed by atoms with van der Waals surface area (Å²) < 4.78 is 5.06. The molecule has 0 radical (unpaired) electrons. The fourth-order valence-electron chi connectivity index (χ4n) is 2.02. The summed E-state index contributed by atoms with van der Waals surface area (Å²) in [6.07, 6.45) is 2.99. The van der Waals surface area contributed by atoms with Gasteiger partial charge < -0.3 is 9.84 Å². The molecule has 22 heavy (non-hydrogen) atoms. The van der Waals surface area contributed by atoms with Gasteiger partial charge in [-0.25, -0.2) is 4.79 Å². The van der Waals surface area contributed by atoms with E-state index in [1.165, 1.54) is 19.2 Å². The Bertz CT molecular complexity index is 743. The van der Waals surface area contributed by atoms with E-state index < -0.39 is 17.5 Å². The van der Waals surface area contributed by atoms with E-state index in [0.29, 0.717) is 5.57 Å². The van der Waals surface area contributed by atoms with Crippen LogP contribution in [-0.2, 0) is 20.9 Å². The average Bonchev–Trinajstić information content (AvgIpc) is 2.54. The third kappa shape index (κ3) is 2.55. The number of aliphatic hydroxyl groups is 1. The summed E-state index contributed by atoms with van der Waals surface area (Å²) >= 11 is 0. The highest BCUT2D eigenvalue weighted by Crippen LogP contribution is 2.29. The second-order valence-electron chi connectivity index (χ2n) is 4.86. The lowest BCUT2D eigenvalue weighted by molar-refractivity contribution is -0.140. The van der Waals surface area contributed by atoms with Gasteiger partial charge in [-0.3, -0.25) is 14.6 Å². The zero-order valence-electron chi connectivity index (χ0n) is 12.5. The summed E-state index contributed by atoms with van der Waals surface area (Å²) in [6.45, 7) is 4.43. The summed E-state index contributed by atoms with van der Waals surface area (Å²) in [6, 6.07) is 1.45. The minimum absolute atomic E-state index is 0.00333. The van der Waals surface area contributed by atoms with E-state index in [0.717, 1.165) is 0 Å². The van der Waals surface area contributed by atoms with Crippen molar-refractivity contribution in [2.75, 3.05) is 0 Å². The van der Waals surface area contributed by atoms with E-state index in [1.807, 2.05) is 0 Å². The Balaban J connectivity index is 2.40. The number of ether oxygens (including phenoxy) is 1. The predicted octanol–water partition coefficient (Wildman–Crippen LogP) is 2.15. The molecule has 0 saturated carbocycles. The van der Waals surface area contributed by atoms with Crippen molar-refractivity contribution in [3.05, 3.63) is 46.3 Å². The van der Waals surface area contributed by atoms with Crippen molar-refractivity contribution in [2.45, 2.75) is 27.4 Å². The molecule has 0 aliphatic heterocycles. The Labute approximate surface area is 127 Å². The molecule has 6 heteroatoms. The van der Waals surface area contributed by atoms with Gasteiger partial charge in [-0.05, 0) is 26.8 Å². The number of ketones is 2. The number of esters is 1. The summed E-state index contributed by atoms with van der Waals surface area (Å²) in [5, 5.41) is 10.0. The second-order valence-corrected chi connectivity index (χ2v) is 4.86. The van der Waals surface area contributed by atoms with Gasteiger partial charge in [0.25, 0.3) is 0 Å². The summed E-state index contributed by atoms with van der Waals surface area (Å²) in [4.78, 5) is 39.6. The minimum Gasteiger partial charge on any atom is -0.507 e. The van der Waals surface area contributed by atoms with E-state index in [2.05, 4.69) is 4.98 Å². The lowest BCUT2D eigenvalue weighted by Crippen LogP contribution is -2.25. The van der Waals surface area contributed by atoms with Crippen LogP contribution in [-0.4, -0.2) is 27.6 Å². The van der Waals surface area contributed by atoms with Crippen LogP contribution in [0.4, 0.5) is 0 Å². The van der Waals surface area contributed by atoms with Crippen LogP contribution in [0.25, 0.3) is 5.76 Å². The Kier molecular flexibility index (Phi) is 4.21. The van der Waals surface area contributed by atoms with E-state index in [-0.39, 0.29) is 34.8 Å². The van der Waals surface area contributed by atoms with E-state index in [9.17, 15) is 19.5 Å². The van der Waals surface area contributed by atoms with Gasteiger partial charge in [-0.2, -0.15) is 0 Å². The smallest absolute Gasteiger partial charge is 0.333 e. The van der Waals surface area contributed by atoms with Crippen molar-refractivity contribution in [2.24, 2.45) is 0 Å². The van der Waals surface area contributed by atoms with Crippen molar-refractivity contribution in [3.63, 3.8) is 0 Å². The molecule has 1 aromatic rings. The van der Waals surface area contributed by atoms with E-state index >= 15 is 0 Å². The van der Waals surface area contributed by atoms with Crippen LogP contribution in [0.5, 0.6) is 0 Å². The molecule has 0 aromatic carbocycles. The van der Waals surface area contributed by atoms with E-state index in [1.54, 1.807) is 19.9 Å². The topological polar surface area (TPSA) is 93.6 Å². The van der Waals surface area contributed by atoms with Crippen molar-refractivity contribution < 1.29 is 24.2 Å². The molecule has 1 aliphatic rings. The maximum Gasteiger partial charge on any atom is 0.333 e. The SMILES string of the molecule is C/C=C(/C)C(=O)OCc1nccc2c1C(=O)C(=O)C(C)=C2O. The zero-order valence-corrected chi connectivity index (χ0v) is 12.5. The normalized spacial score (nSPS) is 15.0. The lowest BCUT2D eigenvalue weighted by Gasteiger charge is -2.17. The number of carbonyl (C=O) groups is 3. The van der Waals surface area contributed by atoms with Crippen LogP contribution < -0.4 is 0 Å². The second kappa shape index (κ2) is 5.93. The fraction of sp³-hybridized carbons (Fsp3) is 0.250. The number of carbonyl (C=O) groups excluding carboxylic acids is 3. The number of Topliss-reactive ketones (excluding diaryl/α,β-unsaturated/α-hetero) is 2. The van der Waals surface area contributed by atoms with Gasteiger partial charge in [0.05, 0.1) is 11.3 Å². The first-order valence-electron chi connectivity index (χ1n) is 6.65. The van der Waals surface area contributed by atoms with Crippen molar-refractivity contribution in [1.82, 2.24) is 4.98 Å². The van der Waals surface area contributed by atoms with Crippen molar-refractivity contribution in [1.29, 1.82) is 0 Å². The molecule has 0 amide bonds. The number of aromatic nitrogens is 1. The Hall–Kier alpha value is -2.76. The molecule has 1 aromatic heterocycles. The first kappa shape index (κ1) is 15.6. The summed E-state index contributed by atoms with van der Waals surface area (Å²) in [7, 11) is 0. The minimum atomic E-state index is -0.782. The largest absolute Gasteiger partial charge is 0.507 e. The lowest BCUT2D eigenvalue weighted by atomic mass is 9.88. The third-order valence-corrected chi connectivity index (χ3v) is 3.51. The highest BCUT2D eigenvalue weighted by Gasteiger charge is 2.33. The van der Waals surface area contributed by atoms with Gasteiger partial charge in [0.1, 0.15) is 12.4 Å². The Morgan fingerprint density at radius 3 is 2.68 bits per heavy atom. The van der Waals surface area contributed by atoms with Crippen LogP contribution in [0, 0.1) is 0 Å². The standard InChI is InChI=1S/C16H15NO5/c1-4-8(2)16(21)22-7-11-12-10(5-6-17-11)13(18)9(3)14(19)15(12)20/h4-6,18H,7H2,1-3H3/b8-4-. The molecule has 6 nitrogen and oxygen atoms in total. The molecule has 0 saturated heterocycles. The van der Waals surface area contributed by atoms with E-state index in [4.69, 9.17) is 4.74 Å². The Morgan fingerprint density at radius 1 is 1.36 bits per heavy atom. The molecule has 0 spiro atoms. The molecular formula is C16H15NO5. The monoisotopic (exact) mass is 301 g/mol. The molecule has 0 atom stereocenters. The van der Waals surface area contributed by atoms with Crippen LogP contribution in [0.1, 0.15) is 42.4 Å². The number of hydrogen-bond donors (Lipinski definition) is 1. The molecular weight excluding hydrogens is 286 g/mol. The highest BCUT2D eigenvalue weighted by molar-refractivity contribution is 6.52. The van der Waals surface area contributed by atoms with Gasteiger partial charge in [-0.1, -0.05) is 6.08 Å². The van der Waals surface area contributed by atoms with Crippen LogP contribution >= 0.6 is 0 Å². The first-order valence-corrected chi connectivity index (χ1v) is 6.65. The van der Waals surface area contributed by atoms with Crippen molar-refractivity contribution in [3.8, 4) is 0 Å². The van der Waals surface area contributed by atoms with Crippen LogP contribution in [0.3, 0.4) is 0 Å². The number of rotatable bonds is 3. The molecule has 0 unspecified atom stereocenters. The molecule has 1 heterocycles. The number of nitrogens with zero attached hydrogens (tertiary/aromatic N) is 1. The van der Waals surface area contributed by atoms with Gasteiger partial charge in [-0.15, -0.1) is 0 Å². The molecule has 114 valence electrons. The molecule has 0 fully saturated rings. The van der Waals surface area contributed by atoms with Gasteiger partial charge in [0.2, 0.25) is 11.6 Å². The third-order valence-electron chi connectivity index (χ3n) is 3.51. The first-order chi connectivity index (χ1) is 10.4. The molecule has 1 N–H and O–H groups in total. The maximum atomic E-state index is 12.1. The van der Waals surface area contributed by atoms with Gasteiger partial charge >= 0.3 is 5.97 Å². The quantitative estimate of drug-likeness (QED) is 0.522. The number of hydrogen-bond acceptors (Lipinski definition) is 6. The summed E-state index contributed by atoms with van der Waals surface area (Å²) in [5.41, 5.74) is 0.779. The summed E-state index contributed by atoms with van der Waals surface area (Å²) in [5.74, 6) is -2.32. The number of aliphatic hydroxyl groups excluding tert-OH is 1. The zero-order chi connectivity index (χ0) is 16.4. The average molecular weight is 301 g/mol. The molecule has 1 aliphatic carbocycles. The maximum absolute atomic E-state index is 12.1. The highest BCUT2D eigenvalue weighted by atomic mass is 16.5. The predicted molar refractivity (Wildman–Crippen MR) is 78.0 cm³/mol. The van der Waals surface area contributed by atoms with Crippen LogP contribution in [0.15, 0.2) is 29.5 Å². The Morgan fingerprint density at radius 2 is 2.05 bits per heavy atom. The number of pyridine rings is 1. The fourth-order valence-corrected chi connectivity index (χ4v) is 2.02. The van der Waals surface area contributed by atoms with Crippen molar-refractivity contribution >= 4 is 23.3 Å². The van der Waals surface area contributed by atoms with Crippen LogP contribution in [0.2, 0.25) is 0 Å². The molecule has 2 rings (SSSR count). The molecule has 0 bridgehead atoms. The number of fused-ring (bicyclic) bond motifs is 1. The van der Waals surface area contributed by atoms with Gasteiger partial charge in [0, 0.05) is 22.9 Å².